The molecule has 28 heavy (non-hydrogen) atoms. The molecular formula is C20H21Cl2N3O3. The number of nitrogens with zero attached hydrogens (tertiary/aromatic N) is 2. The third kappa shape index (κ3) is 4.75. The summed E-state index contributed by atoms with van der Waals surface area (Å²) in [5.41, 5.74) is 2.40. The molecule has 0 saturated carbocycles. The van der Waals surface area contributed by atoms with Gasteiger partial charge in [-0.3, -0.25) is 4.79 Å². The fraction of sp³-hybridized carbons (Fsp3) is 0.350. The van der Waals surface area contributed by atoms with E-state index in [9.17, 15) is 4.79 Å². The van der Waals surface area contributed by atoms with Gasteiger partial charge in [0.25, 0.3) is 0 Å². The molecule has 1 aromatic heterocycles. The lowest BCUT2D eigenvalue weighted by atomic mass is 9.90. The maximum absolute atomic E-state index is 12.9. The number of rotatable bonds is 6. The van der Waals surface area contributed by atoms with Gasteiger partial charge in [-0.15, -0.1) is 0 Å². The molecule has 3 rings (SSSR count). The van der Waals surface area contributed by atoms with Crippen molar-refractivity contribution in [1.29, 1.82) is 0 Å². The highest BCUT2D eigenvalue weighted by Gasteiger charge is 2.23. The predicted octanol–water partition coefficient (Wildman–Crippen LogP) is 4.44. The number of aromatic nitrogens is 2. The van der Waals surface area contributed by atoms with Crippen LogP contribution in [0.2, 0.25) is 10.0 Å². The highest BCUT2D eigenvalue weighted by atomic mass is 35.5. The van der Waals surface area contributed by atoms with E-state index in [4.69, 9.17) is 32.7 Å². The second kappa shape index (κ2) is 9.26. The van der Waals surface area contributed by atoms with Gasteiger partial charge in [0.05, 0.1) is 30.3 Å². The van der Waals surface area contributed by atoms with Gasteiger partial charge in [-0.25, -0.2) is 0 Å². The minimum absolute atomic E-state index is 0.133. The van der Waals surface area contributed by atoms with Gasteiger partial charge in [0.1, 0.15) is 0 Å². The number of allylic oxidation sites excluding steroid dienone is 1. The number of benzene rings is 1. The van der Waals surface area contributed by atoms with Crippen LogP contribution in [-0.4, -0.2) is 30.1 Å². The number of methoxy groups -OCH3 is 2. The van der Waals surface area contributed by atoms with Gasteiger partial charge in [0.2, 0.25) is 17.7 Å². The maximum atomic E-state index is 12.9. The number of carbonyl (C=O) groups is 1. The van der Waals surface area contributed by atoms with Crippen LogP contribution < -0.4 is 14.8 Å². The molecule has 1 aliphatic rings. The summed E-state index contributed by atoms with van der Waals surface area (Å²) in [6, 6.07) is 6.90. The molecule has 1 amide bonds. The van der Waals surface area contributed by atoms with Crippen LogP contribution in [0.3, 0.4) is 0 Å². The van der Waals surface area contributed by atoms with E-state index in [0.29, 0.717) is 46.2 Å². The summed E-state index contributed by atoms with van der Waals surface area (Å²) in [6.45, 7) is 0.356. The molecule has 0 atom stereocenters. The fourth-order valence-corrected chi connectivity index (χ4v) is 3.41. The van der Waals surface area contributed by atoms with E-state index in [1.165, 1.54) is 14.2 Å². The monoisotopic (exact) mass is 421 g/mol. The smallest absolute Gasteiger partial charge is 0.247 e. The Bertz CT molecular complexity index is 893. The van der Waals surface area contributed by atoms with E-state index in [0.717, 1.165) is 30.4 Å². The van der Waals surface area contributed by atoms with Gasteiger partial charge in [0.15, 0.2) is 5.82 Å². The van der Waals surface area contributed by atoms with Gasteiger partial charge in [-0.1, -0.05) is 29.3 Å². The SMILES string of the molecule is COc1cc(OC)nc(C2=C(C(=O)NCc3ccc(Cl)c(Cl)c3)CCCC2)n1. The molecule has 8 heteroatoms. The van der Waals surface area contributed by atoms with Crippen LogP contribution >= 0.6 is 23.2 Å². The van der Waals surface area contributed by atoms with E-state index < -0.39 is 0 Å². The summed E-state index contributed by atoms with van der Waals surface area (Å²) < 4.78 is 10.5. The first-order valence-corrected chi connectivity index (χ1v) is 9.69. The van der Waals surface area contributed by atoms with Crippen LogP contribution in [0, 0.1) is 0 Å². The number of nitrogens with one attached hydrogen (secondary N) is 1. The lowest BCUT2D eigenvalue weighted by Crippen LogP contribution is -2.26. The standard InChI is InChI=1S/C20H21Cl2N3O3/c1-27-17-10-18(28-2)25-19(24-17)13-5-3-4-6-14(13)20(26)23-11-12-7-8-15(21)16(22)9-12/h7-10H,3-6,11H2,1-2H3,(H,23,26). The van der Waals surface area contributed by atoms with Crippen molar-refractivity contribution >= 4 is 34.7 Å². The van der Waals surface area contributed by atoms with Gasteiger partial charge in [-0.05, 0) is 43.4 Å². The molecule has 2 aromatic rings. The highest BCUT2D eigenvalue weighted by molar-refractivity contribution is 6.42. The highest BCUT2D eigenvalue weighted by Crippen LogP contribution is 2.32. The minimum atomic E-state index is -0.133. The van der Waals surface area contributed by atoms with Crippen LogP contribution in [0.1, 0.15) is 37.1 Å². The topological polar surface area (TPSA) is 73.3 Å². The second-order valence-corrected chi connectivity index (χ2v) is 7.19. The number of hydrogen-bond donors (Lipinski definition) is 1. The minimum Gasteiger partial charge on any atom is -0.481 e. The lowest BCUT2D eigenvalue weighted by Gasteiger charge is -2.20. The van der Waals surface area contributed by atoms with Crippen molar-refractivity contribution in [3.63, 3.8) is 0 Å². The predicted molar refractivity (Wildman–Crippen MR) is 109 cm³/mol. The maximum Gasteiger partial charge on any atom is 0.247 e. The normalized spacial score (nSPS) is 14.0. The molecule has 0 fully saturated rings. The third-order valence-corrected chi connectivity index (χ3v) is 5.29. The molecule has 1 heterocycles. The van der Waals surface area contributed by atoms with Crippen LogP contribution in [0.5, 0.6) is 11.8 Å². The first kappa shape index (κ1) is 20.4. The molecule has 0 bridgehead atoms. The summed E-state index contributed by atoms with van der Waals surface area (Å²) in [6.07, 6.45) is 3.32. The van der Waals surface area contributed by atoms with Crippen molar-refractivity contribution in [3.05, 3.63) is 51.3 Å². The van der Waals surface area contributed by atoms with Crippen LogP contribution in [0.4, 0.5) is 0 Å². The number of hydrogen-bond acceptors (Lipinski definition) is 5. The van der Waals surface area contributed by atoms with Crippen molar-refractivity contribution < 1.29 is 14.3 Å². The number of carbonyl (C=O) groups excluding carboxylic acids is 1. The van der Waals surface area contributed by atoms with E-state index >= 15 is 0 Å². The lowest BCUT2D eigenvalue weighted by molar-refractivity contribution is -0.117. The van der Waals surface area contributed by atoms with E-state index in [1.54, 1.807) is 18.2 Å². The first-order chi connectivity index (χ1) is 13.5. The Hall–Kier alpha value is -2.31. The Labute approximate surface area is 173 Å². The molecular weight excluding hydrogens is 401 g/mol. The summed E-state index contributed by atoms with van der Waals surface area (Å²) in [7, 11) is 3.07. The molecule has 0 radical (unpaired) electrons. The number of amides is 1. The number of halogens is 2. The van der Waals surface area contributed by atoms with Crippen LogP contribution in [0.25, 0.3) is 5.57 Å². The fourth-order valence-electron chi connectivity index (χ4n) is 3.09. The first-order valence-electron chi connectivity index (χ1n) is 8.93. The molecule has 148 valence electrons. The quantitative estimate of drug-likeness (QED) is 0.745. The summed E-state index contributed by atoms with van der Waals surface area (Å²) in [5.74, 6) is 1.13. The van der Waals surface area contributed by atoms with Crippen molar-refractivity contribution in [2.45, 2.75) is 32.2 Å². The molecule has 1 N–H and O–H groups in total. The number of ether oxygens (including phenoxy) is 2. The van der Waals surface area contributed by atoms with Gasteiger partial charge in [-0.2, -0.15) is 9.97 Å². The largest absolute Gasteiger partial charge is 0.481 e. The zero-order chi connectivity index (χ0) is 20.1. The Morgan fingerprint density at radius 2 is 1.71 bits per heavy atom. The Kier molecular flexibility index (Phi) is 6.75. The van der Waals surface area contributed by atoms with Gasteiger partial charge >= 0.3 is 0 Å². The van der Waals surface area contributed by atoms with Crippen molar-refractivity contribution in [3.8, 4) is 11.8 Å². The molecule has 0 spiro atoms. The summed E-state index contributed by atoms with van der Waals surface area (Å²) in [5, 5.41) is 3.90. The third-order valence-electron chi connectivity index (χ3n) is 4.55. The Morgan fingerprint density at radius 1 is 1.04 bits per heavy atom. The average molecular weight is 422 g/mol. The van der Waals surface area contributed by atoms with Crippen molar-refractivity contribution in [2.75, 3.05) is 14.2 Å². The molecule has 6 nitrogen and oxygen atoms in total. The van der Waals surface area contributed by atoms with Crippen LogP contribution in [-0.2, 0) is 11.3 Å². The van der Waals surface area contributed by atoms with E-state index in [-0.39, 0.29) is 5.91 Å². The molecule has 0 saturated heterocycles. The Morgan fingerprint density at radius 3 is 2.36 bits per heavy atom. The molecule has 1 aromatic carbocycles. The molecule has 1 aliphatic carbocycles. The second-order valence-electron chi connectivity index (χ2n) is 6.37. The van der Waals surface area contributed by atoms with Crippen molar-refractivity contribution in [2.24, 2.45) is 0 Å². The summed E-state index contributed by atoms with van der Waals surface area (Å²) >= 11 is 12.0. The Balaban J connectivity index is 1.85. The molecule has 0 aliphatic heterocycles. The summed E-state index contributed by atoms with van der Waals surface area (Å²) in [4.78, 5) is 21.7. The zero-order valence-corrected chi connectivity index (χ0v) is 17.2. The average Bonchev–Trinajstić information content (AvgIpc) is 2.73. The van der Waals surface area contributed by atoms with E-state index in [2.05, 4.69) is 15.3 Å². The van der Waals surface area contributed by atoms with Gasteiger partial charge < -0.3 is 14.8 Å². The van der Waals surface area contributed by atoms with Crippen LogP contribution in [0.15, 0.2) is 29.8 Å². The molecule has 0 unspecified atom stereocenters. The van der Waals surface area contributed by atoms with Crippen molar-refractivity contribution in [1.82, 2.24) is 15.3 Å². The van der Waals surface area contributed by atoms with E-state index in [1.807, 2.05) is 6.07 Å². The zero-order valence-electron chi connectivity index (χ0n) is 15.7. The van der Waals surface area contributed by atoms with Gasteiger partial charge in [0, 0.05) is 17.7 Å².